The van der Waals surface area contributed by atoms with Gasteiger partial charge in [0.25, 0.3) is 0 Å². The normalized spacial score (nSPS) is 13.6. The molecule has 0 aromatic carbocycles. The molecule has 0 heterocycles. The van der Waals surface area contributed by atoms with Crippen LogP contribution in [0.3, 0.4) is 0 Å². The molecule has 2 N–H and O–H groups in total. The summed E-state index contributed by atoms with van der Waals surface area (Å²) in [5, 5.41) is 0. The van der Waals surface area contributed by atoms with E-state index in [2.05, 4.69) is 25.8 Å². The van der Waals surface area contributed by atoms with Gasteiger partial charge in [-0.25, -0.2) is 0 Å². The van der Waals surface area contributed by atoms with Crippen molar-refractivity contribution in [3.63, 3.8) is 0 Å². The maximum atomic E-state index is 5.48. The first-order valence-corrected chi connectivity index (χ1v) is 5.62. The molecule has 0 bridgehead atoms. The van der Waals surface area contributed by atoms with E-state index in [1.165, 1.54) is 32.2 Å². The second kappa shape index (κ2) is 8.52. The van der Waals surface area contributed by atoms with Gasteiger partial charge >= 0.3 is 0 Å². The second-order valence-electron chi connectivity index (χ2n) is 3.97. The fourth-order valence-corrected chi connectivity index (χ4v) is 1.47. The van der Waals surface area contributed by atoms with E-state index in [4.69, 9.17) is 5.73 Å². The molecule has 0 fully saturated rings. The van der Waals surface area contributed by atoms with Crippen molar-refractivity contribution in [2.45, 2.75) is 52.0 Å². The van der Waals surface area contributed by atoms with E-state index < -0.39 is 0 Å². The zero-order valence-corrected chi connectivity index (χ0v) is 9.55. The van der Waals surface area contributed by atoms with E-state index in [1.54, 1.807) is 0 Å². The maximum Gasteiger partial charge on any atom is 0.00643 e. The monoisotopic (exact) mass is 186 g/mol. The average Bonchev–Trinajstić information content (AvgIpc) is 2.14. The first kappa shape index (κ1) is 12.9. The third-order valence-electron chi connectivity index (χ3n) is 2.69. The Labute approximate surface area is 83.5 Å². The van der Waals surface area contributed by atoms with Crippen LogP contribution in [0.5, 0.6) is 0 Å². The molecular formula is C11H26N2. The number of hydrogen-bond acceptors (Lipinski definition) is 2. The number of nitrogens with zero attached hydrogens (tertiary/aromatic N) is 1. The van der Waals surface area contributed by atoms with Gasteiger partial charge in [-0.3, -0.25) is 0 Å². The molecule has 0 radical (unpaired) electrons. The molecule has 1 atom stereocenters. The maximum absolute atomic E-state index is 5.48. The van der Waals surface area contributed by atoms with Crippen molar-refractivity contribution < 1.29 is 0 Å². The van der Waals surface area contributed by atoms with Crippen LogP contribution in [0.15, 0.2) is 0 Å². The molecule has 0 saturated carbocycles. The van der Waals surface area contributed by atoms with Gasteiger partial charge < -0.3 is 10.6 Å². The van der Waals surface area contributed by atoms with E-state index >= 15 is 0 Å². The summed E-state index contributed by atoms with van der Waals surface area (Å²) in [5.41, 5.74) is 5.48. The molecule has 1 unspecified atom stereocenters. The highest BCUT2D eigenvalue weighted by atomic mass is 15.1. The fourth-order valence-electron chi connectivity index (χ4n) is 1.47. The largest absolute Gasteiger partial charge is 0.330 e. The summed E-state index contributed by atoms with van der Waals surface area (Å²) in [4.78, 5) is 2.45. The number of hydrogen-bond donors (Lipinski definition) is 1. The summed E-state index contributed by atoms with van der Waals surface area (Å²) in [5.74, 6) is 0. The number of unbranched alkanes of at least 4 members (excludes halogenated alkanes) is 2. The molecule has 0 aliphatic heterocycles. The van der Waals surface area contributed by atoms with Crippen LogP contribution in [-0.2, 0) is 0 Å². The molecular weight excluding hydrogens is 160 g/mol. The Morgan fingerprint density at radius 2 is 1.92 bits per heavy atom. The molecule has 0 saturated heterocycles. The molecule has 0 amide bonds. The lowest BCUT2D eigenvalue weighted by Gasteiger charge is -2.24. The van der Waals surface area contributed by atoms with Crippen molar-refractivity contribution in [1.82, 2.24) is 4.90 Å². The summed E-state index contributed by atoms with van der Waals surface area (Å²) in [6.45, 7) is 6.60. The lowest BCUT2D eigenvalue weighted by atomic mass is 10.1. The molecule has 13 heavy (non-hydrogen) atoms. The van der Waals surface area contributed by atoms with Crippen LogP contribution in [-0.4, -0.2) is 31.1 Å². The van der Waals surface area contributed by atoms with Crippen molar-refractivity contribution in [3.05, 3.63) is 0 Å². The standard InChI is InChI=1S/C11H26N2/c1-4-5-6-10-13(3)11(2)8-7-9-12/h11H,4-10,12H2,1-3H3. The van der Waals surface area contributed by atoms with Gasteiger partial charge in [0, 0.05) is 6.04 Å². The van der Waals surface area contributed by atoms with E-state index in [-0.39, 0.29) is 0 Å². The van der Waals surface area contributed by atoms with Gasteiger partial charge in [0.15, 0.2) is 0 Å². The van der Waals surface area contributed by atoms with Crippen molar-refractivity contribution in [1.29, 1.82) is 0 Å². The van der Waals surface area contributed by atoms with Crippen LogP contribution >= 0.6 is 0 Å². The molecule has 0 aromatic heterocycles. The Morgan fingerprint density at radius 3 is 2.46 bits per heavy atom. The minimum atomic E-state index is 0.695. The summed E-state index contributed by atoms with van der Waals surface area (Å²) in [7, 11) is 2.22. The molecule has 0 aromatic rings. The third-order valence-corrected chi connectivity index (χ3v) is 2.69. The summed E-state index contributed by atoms with van der Waals surface area (Å²) in [6, 6.07) is 0.695. The Bertz CT molecular complexity index is 104. The van der Waals surface area contributed by atoms with Gasteiger partial charge in [-0.05, 0) is 46.3 Å². The summed E-state index contributed by atoms with van der Waals surface area (Å²) >= 11 is 0. The summed E-state index contributed by atoms with van der Waals surface area (Å²) in [6.07, 6.45) is 6.39. The predicted octanol–water partition coefficient (Wildman–Crippen LogP) is 2.24. The molecule has 0 aliphatic rings. The van der Waals surface area contributed by atoms with Crippen molar-refractivity contribution in [2.24, 2.45) is 5.73 Å². The second-order valence-corrected chi connectivity index (χ2v) is 3.97. The quantitative estimate of drug-likeness (QED) is 0.589. The van der Waals surface area contributed by atoms with E-state index in [0.717, 1.165) is 13.0 Å². The topological polar surface area (TPSA) is 29.3 Å². The Hall–Kier alpha value is -0.0800. The van der Waals surface area contributed by atoms with Crippen LogP contribution in [0.4, 0.5) is 0 Å². The van der Waals surface area contributed by atoms with Crippen molar-refractivity contribution >= 4 is 0 Å². The molecule has 2 nitrogen and oxygen atoms in total. The van der Waals surface area contributed by atoms with Gasteiger partial charge in [0.2, 0.25) is 0 Å². The highest BCUT2D eigenvalue weighted by molar-refractivity contribution is 4.63. The zero-order valence-electron chi connectivity index (χ0n) is 9.55. The lowest BCUT2D eigenvalue weighted by Crippen LogP contribution is -2.30. The van der Waals surface area contributed by atoms with Crippen LogP contribution in [0.25, 0.3) is 0 Å². The zero-order chi connectivity index (χ0) is 10.1. The van der Waals surface area contributed by atoms with Gasteiger partial charge in [-0.1, -0.05) is 19.8 Å². The minimum absolute atomic E-state index is 0.695. The highest BCUT2D eigenvalue weighted by Gasteiger charge is 2.06. The van der Waals surface area contributed by atoms with E-state index in [9.17, 15) is 0 Å². The van der Waals surface area contributed by atoms with E-state index in [1.807, 2.05) is 0 Å². The molecule has 0 rings (SSSR count). The van der Waals surface area contributed by atoms with Gasteiger partial charge in [-0.15, -0.1) is 0 Å². The van der Waals surface area contributed by atoms with Gasteiger partial charge in [-0.2, -0.15) is 0 Å². The minimum Gasteiger partial charge on any atom is -0.330 e. The molecule has 0 aliphatic carbocycles. The third kappa shape index (κ3) is 7.03. The summed E-state index contributed by atoms with van der Waals surface area (Å²) < 4.78 is 0. The van der Waals surface area contributed by atoms with Crippen LogP contribution < -0.4 is 5.73 Å². The lowest BCUT2D eigenvalue weighted by molar-refractivity contribution is 0.239. The molecule has 2 heteroatoms. The Morgan fingerprint density at radius 1 is 1.23 bits per heavy atom. The van der Waals surface area contributed by atoms with E-state index in [0.29, 0.717) is 6.04 Å². The molecule has 0 spiro atoms. The van der Waals surface area contributed by atoms with Gasteiger partial charge in [0.05, 0.1) is 0 Å². The first-order chi connectivity index (χ1) is 6.22. The number of rotatable bonds is 8. The van der Waals surface area contributed by atoms with Crippen molar-refractivity contribution in [3.8, 4) is 0 Å². The number of nitrogens with two attached hydrogens (primary N) is 1. The van der Waals surface area contributed by atoms with Gasteiger partial charge in [0.1, 0.15) is 0 Å². The Kier molecular flexibility index (Phi) is 8.46. The predicted molar refractivity (Wildman–Crippen MR) is 59.9 cm³/mol. The van der Waals surface area contributed by atoms with Crippen LogP contribution in [0.2, 0.25) is 0 Å². The Balaban J connectivity index is 3.38. The fraction of sp³-hybridized carbons (Fsp3) is 1.00. The van der Waals surface area contributed by atoms with Crippen LogP contribution in [0, 0.1) is 0 Å². The smallest absolute Gasteiger partial charge is 0.00643 e. The van der Waals surface area contributed by atoms with Crippen LogP contribution in [0.1, 0.15) is 46.0 Å². The highest BCUT2D eigenvalue weighted by Crippen LogP contribution is 2.05. The first-order valence-electron chi connectivity index (χ1n) is 5.62. The van der Waals surface area contributed by atoms with Crippen molar-refractivity contribution in [2.75, 3.05) is 20.1 Å². The SMILES string of the molecule is CCCCCN(C)C(C)CCCN. The molecule has 80 valence electrons. The average molecular weight is 186 g/mol.